The Morgan fingerprint density at radius 2 is 1.89 bits per heavy atom. The zero-order valence-corrected chi connectivity index (χ0v) is 12.8. The van der Waals surface area contributed by atoms with Crippen molar-refractivity contribution in [3.8, 4) is 0 Å². The predicted molar refractivity (Wildman–Crippen MR) is 82.8 cm³/mol. The average molecular weight is 274 g/mol. The number of hydrogen-bond donors (Lipinski definition) is 1. The topological polar surface area (TPSA) is 38.9 Å². The van der Waals surface area contributed by atoms with Crippen LogP contribution in [0.1, 0.15) is 34.5 Å². The highest BCUT2D eigenvalue weighted by molar-refractivity contribution is 7.11. The van der Waals surface area contributed by atoms with Gasteiger partial charge in [-0.25, -0.2) is 4.98 Å². The number of benzene rings is 1. The fourth-order valence-corrected chi connectivity index (χ4v) is 3.54. The standard InChI is InChI=1S/C16H22N2S/c1-4-16(11-17,14-8-6-5-7-9-14)10-15-18-12(2)13(3)19-15/h5-9H,4,10-11,17H2,1-3H3. The lowest BCUT2D eigenvalue weighted by Gasteiger charge is -2.31. The van der Waals surface area contributed by atoms with Gasteiger partial charge in [0.2, 0.25) is 0 Å². The van der Waals surface area contributed by atoms with Crippen LogP contribution in [0.2, 0.25) is 0 Å². The molecule has 102 valence electrons. The van der Waals surface area contributed by atoms with E-state index >= 15 is 0 Å². The second-order valence-corrected chi connectivity index (χ2v) is 6.42. The third-order valence-corrected chi connectivity index (χ3v) is 5.09. The lowest BCUT2D eigenvalue weighted by molar-refractivity contribution is 0.417. The van der Waals surface area contributed by atoms with E-state index in [9.17, 15) is 0 Å². The Morgan fingerprint density at radius 3 is 2.37 bits per heavy atom. The highest BCUT2D eigenvalue weighted by Gasteiger charge is 2.30. The van der Waals surface area contributed by atoms with Gasteiger partial charge in [-0.15, -0.1) is 11.3 Å². The van der Waals surface area contributed by atoms with E-state index in [1.54, 1.807) is 11.3 Å². The summed E-state index contributed by atoms with van der Waals surface area (Å²) in [6, 6.07) is 10.6. The Hall–Kier alpha value is -1.19. The van der Waals surface area contributed by atoms with Gasteiger partial charge in [0.25, 0.3) is 0 Å². The zero-order chi connectivity index (χ0) is 13.9. The molecule has 0 radical (unpaired) electrons. The first-order valence-electron chi connectivity index (χ1n) is 6.80. The fourth-order valence-electron chi connectivity index (χ4n) is 2.46. The maximum absolute atomic E-state index is 6.12. The molecule has 0 spiro atoms. The summed E-state index contributed by atoms with van der Waals surface area (Å²) in [5.74, 6) is 0. The van der Waals surface area contributed by atoms with Gasteiger partial charge in [-0.2, -0.15) is 0 Å². The highest BCUT2D eigenvalue weighted by Crippen LogP contribution is 2.32. The normalized spacial score (nSPS) is 14.3. The van der Waals surface area contributed by atoms with Gasteiger partial charge in [0, 0.05) is 23.3 Å². The van der Waals surface area contributed by atoms with Crippen LogP contribution in [0.15, 0.2) is 30.3 Å². The summed E-state index contributed by atoms with van der Waals surface area (Å²) in [4.78, 5) is 5.99. The maximum Gasteiger partial charge on any atom is 0.0940 e. The summed E-state index contributed by atoms with van der Waals surface area (Å²) in [5, 5.41) is 1.20. The molecular formula is C16H22N2S. The van der Waals surface area contributed by atoms with Crippen molar-refractivity contribution in [1.29, 1.82) is 0 Å². The zero-order valence-electron chi connectivity index (χ0n) is 11.9. The number of hydrogen-bond acceptors (Lipinski definition) is 3. The molecule has 19 heavy (non-hydrogen) atoms. The van der Waals surface area contributed by atoms with Crippen molar-refractivity contribution in [3.05, 3.63) is 51.5 Å². The third kappa shape index (κ3) is 2.88. The smallest absolute Gasteiger partial charge is 0.0940 e. The minimum atomic E-state index is 0.0119. The second-order valence-electron chi connectivity index (χ2n) is 5.13. The molecule has 0 fully saturated rings. The second kappa shape index (κ2) is 5.85. The Balaban J connectivity index is 2.35. The van der Waals surface area contributed by atoms with Crippen LogP contribution in [0.4, 0.5) is 0 Å². The minimum absolute atomic E-state index is 0.0119. The molecule has 0 aliphatic heterocycles. The van der Waals surface area contributed by atoms with Gasteiger partial charge in [0.05, 0.1) is 10.7 Å². The lowest BCUT2D eigenvalue weighted by Crippen LogP contribution is -2.36. The van der Waals surface area contributed by atoms with E-state index in [0.29, 0.717) is 6.54 Å². The largest absolute Gasteiger partial charge is 0.330 e. The molecule has 2 rings (SSSR count). The van der Waals surface area contributed by atoms with Gasteiger partial charge in [0.1, 0.15) is 0 Å². The van der Waals surface area contributed by atoms with Crippen LogP contribution in [0.3, 0.4) is 0 Å². The number of nitrogens with zero attached hydrogens (tertiary/aromatic N) is 1. The molecule has 0 saturated carbocycles. The summed E-state index contributed by atoms with van der Waals surface area (Å²) in [7, 11) is 0. The molecule has 2 N–H and O–H groups in total. The summed E-state index contributed by atoms with van der Waals surface area (Å²) in [5.41, 5.74) is 8.60. The first kappa shape index (κ1) is 14.2. The summed E-state index contributed by atoms with van der Waals surface area (Å²) in [6.45, 7) is 7.08. The number of thiazole rings is 1. The van der Waals surface area contributed by atoms with E-state index in [0.717, 1.165) is 18.5 Å². The third-order valence-electron chi connectivity index (χ3n) is 4.02. The fraction of sp³-hybridized carbons (Fsp3) is 0.438. The van der Waals surface area contributed by atoms with Crippen molar-refractivity contribution in [2.24, 2.45) is 5.73 Å². The molecule has 0 aliphatic carbocycles. The van der Waals surface area contributed by atoms with Crippen LogP contribution in [0.25, 0.3) is 0 Å². The Morgan fingerprint density at radius 1 is 1.21 bits per heavy atom. The van der Waals surface area contributed by atoms with Crippen LogP contribution < -0.4 is 5.73 Å². The van der Waals surface area contributed by atoms with Gasteiger partial charge in [-0.05, 0) is 25.8 Å². The molecule has 0 aliphatic rings. The van der Waals surface area contributed by atoms with E-state index in [1.165, 1.54) is 15.4 Å². The van der Waals surface area contributed by atoms with Crippen molar-refractivity contribution in [2.45, 2.75) is 39.0 Å². The molecular weight excluding hydrogens is 252 g/mol. The van der Waals surface area contributed by atoms with Gasteiger partial charge < -0.3 is 5.73 Å². The van der Waals surface area contributed by atoms with Crippen LogP contribution in [0.5, 0.6) is 0 Å². The van der Waals surface area contributed by atoms with E-state index in [2.05, 4.69) is 56.1 Å². The maximum atomic E-state index is 6.12. The molecule has 1 unspecified atom stereocenters. The highest BCUT2D eigenvalue weighted by atomic mass is 32.1. The van der Waals surface area contributed by atoms with E-state index < -0.39 is 0 Å². The Kier molecular flexibility index (Phi) is 4.38. The molecule has 0 bridgehead atoms. The van der Waals surface area contributed by atoms with Crippen molar-refractivity contribution < 1.29 is 0 Å². The lowest BCUT2D eigenvalue weighted by atomic mass is 9.75. The molecule has 2 nitrogen and oxygen atoms in total. The van der Waals surface area contributed by atoms with Crippen molar-refractivity contribution >= 4 is 11.3 Å². The first-order chi connectivity index (χ1) is 9.11. The summed E-state index contributed by atoms with van der Waals surface area (Å²) < 4.78 is 0. The monoisotopic (exact) mass is 274 g/mol. The molecule has 1 heterocycles. The molecule has 1 aromatic heterocycles. The van der Waals surface area contributed by atoms with E-state index in [1.807, 2.05) is 0 Å². The number of rotatable bonds is 5. The van der Waals surface area contributed by atoms with Gasteiger partial charge >= 0.3 is 0 Å². The quantitative estimate of drug-likeness (QED) is 0.904. The molecule has 0 amide bonds. The number of nitrogens with two attached hydrogens (primary N) is 1. The summed E-state index contributed by atoms with van der Waals surface area (Å²) in [6.07, 6.45) is 1.97. The molecule has 0 saturated heterocycles. The predicted octanol–water partition coefficient (Wildman–Crippen LogP) is 3.61. The van der Waals surface area contributed by atoms with Crippen LogP contribution in [0, 0.1) is 13.8 Å². The van der Waals surface area contributed by atoms with E-state index in [4.69, 9.17) is 5.73 Å². The Bertz CT molecular complexity index is 507. The SMILES string of the molecule is CCC(CN)(Cc1nc(C)c(C)s1)c1ccccc1. The molecule has 1 aromatic carbocycles. The summed E-state index contributed by atoms with van der Waals surface area (Å²) >= 11 is 1.80. The van der Waals surface area contributed by atoms with Gasteiger partial charge in [-0.3, -0.25) is 0 Å². The average Bonchev–Trinajstić information content (AvgIpc) is 2.76. The first-order valence-corrected chi connectivity index (χ1v) is 7.61. The van der Waals surface area contributed by atoms with Crippen LogP contribution in [-0.2, 0) is 11.8 Å². The van der Waals surface area contributed by atoms with Crippen LogP contribution in [-0.4, -0.2) is 11.5 Å². The molecule has 2 aromatic rings. The van der Waals surface area contributed by atoms with Gasteiger partial charge in [-0.1, -0.05) is 37.3 Å². The van der Waals surface area contributed by atoms with Crippen molar-refractivity contribution in [1.82, 2.24) is 4.98 Å². The van der Waals surface area contributed by atoms with E-state index in [-0.39, 0.29) is 5.41 Å². The molecule has 3 heteroatoms. The van der Waals surface area contributed by atoms with Crippen LogP contribution >= 0.6 is 11.3 Å². The number of aryl methyl sites for hydroxylation is 2. The van der Waals surface area contributed by atoms with Gasteiger partial charge in [0.15, 0.2) is 0 Å². The van der Waals surface area contributed by atoms with Crippen molar-refractivity contribution in [3.63, 3.8) is 0 Å². The Labute approximate surface area is 119 Å². The minimum Gasteiger partial charge on any atom is -0.330 e. The van der Waals surface area contributed by atoms with Crippen molar-refractivity contribution in [2.75, 3.05) is 6.54 Å². The number of aromatic nitrogens is 1. The molecule has 1 atom stereocenters.